The summed E-state index contributed by atoms with van der Waals surface area (Å²) in [7, 11) is 1.68. The molecule has 2 rings (SSSR count). The summed E-state index contributed by atoms with van der Waals surface area (Å²) in [6, 6.07) is 8.11. The molecule has 0 unspecified atom stereocenters. The summed E-state index contributed by atoms with van der Waals surface area (Å²) in [5.74, 6) is 0.890. The Kier molecular flexibility index (Phi) is 5.02. The maximum atomic E-state index is 9.41. The topological polar surface area (TPSA) is 38.7 Å². The van der Waals surface area contributed by atoms with Gasteiger partial charge in [0.1, 0.15) is 5.75 Å². The number of hydrogen-bond donors (Lipinski definition) is 1. The Morgan fingerprint density at radius 2 is 1.78 bits per heavy atom. The number of rotatable bonds is 5. The smallest absolute Gasteiger partial charge is 0.118 e. The van der Waals surface area contributed by atoms with E-state index >= 15 is 0 Å². The molecule has 1 fully saturated rings. The van der Waals surface area contributed by atoms with E-state index in [0.717, 1.165) is 44.5 Å². The summed E-state index contributed by atoms with van der Waals surface area (Å²) in [6.07, 6.45) is 4.91. The third-order valence-electron chi connectivity index (χ3n) is 3.55. The lowest BCUT2D eigenvalue weighted by molar-refractivity contribution is -0.00180. The lowest BCUT2D eigenvalue weighted by atomic mass is 9.95. The second-order valence-corrected chi connectivity index (χ2v) is 4.90. The first kappa shape index (κ1) is 13.4. The van der Waals surface area contributed by atoms with Crippen LogP contribution in [0.4, 0.5) is 0 Å². The van der Waals surface area contributed by atoms with Crippen LogP contribution in [-0.4, -0.2) is 31.0 Å². The largest absolute Gasteiger partial charge is 0.497 e. The molecule has 0 radical (unpaired) electrons. The maximum Gasteiger partial charge on any atom is 0.118 e. The third-order valence-corrected chi connectivity index (χ3v) is 3.55. The summed E-state index contributed by atoms with van der Waals surface area (Å²) < 4.78 is 11.0. The quantitative estimate of drug-likeness (QED) is 0.873. The summed E-state index contributed by atoms with van der Waals surface area (Å²) in [4.78, 5) is 0. The molecule has 0 atom stereocenters. The molecule has 1 aliphatic carbocycles. The van der Waals surface area contributed by atoms with Gasteiger partial charge < -0.3 is 14.6 Å². The van der Waals surface area contributed by atoms with Gasteiger partial charge in [0, 0.05) is 0 Å². The minimum Gasteiger partial charge on any atom is -0.497 e. The van der Waals surface area contributed by atoms with Crippen molar-refractivity contribution in [3.63, 3.8) is 0 Å². The van der Waals surface area contributed by atoms with E-state index in [-0.39, 0.29) is 6.10 Å². The van der Waals surface area contributed by atoms with Crippen LogP contribution in [0.25, 0.3) is 0 Å². The third kappa shape index (κ3) is 4.00. The van der Waals surface area contributed by atoms with E-state index in [9.17, 15) is 5.11 Å². The fraction of sp³-hybridized carbons (Fsp3) is 0.600. The summed E-state index contributed by atoms with van der Waals surface area (Å²) >= 11 is 0. The molecule has 0 heterocycles. The molecule has 1 aliphatic rings. The van der Waals surface area contributed by atoms with Crippen LogP contribution in [0.5, 0.6) is 5.75 Å². The zero-order valence-corrected chi connectivity index (χ0v) is 11.0. The van der Waals surface area contributed by atoms with Crippen LogP contribution in [0.15, 0.2) is 24.3 Å². The first-order chi connectivity index (χ1) is 8.78. The average molecular weight is 250 g/mol. The Balaban J connectivity index is 1.68. The van der Waals surface area contributed by atoms with Gasteiger partial charge in [-0.15, -0.1) is 0 Å². The number of ether oxygens (including phenoxy) is 2. The molecule has 0 spiro atoms. The molecule has 1 N–H and O–H groups in total. The van der Waals surface area contributed by atoms with E-state index in [4.69, 9.17) is 9.47 Å². The van der Waals surface area contributed by atoms with Gasteiger partial charge in [0.15, 0.2) is 0 Å². The molecule has 1 aromatic rings. The van der Waals surface area contributed by atoms with Gasteiger partial charge in [-0.3, -0.25) is 0 Å². The van der Waals surface area contributed by atoms with E-state index < -0.39 is 0 Å². The van der Waals surface area contributed by atoms with Crippen LogP contribution in [0, 0.1) is 0 Å². The van der Waals surface area contributed by atoms with Crippen molar-refractivity contribution in [2.75, 3.05) is 13.7 Å². The molecule has 0 aromatic heterocycles. The van der Waals surface area contributed by atoms with Crippen molar-refractivity contribution in [1.82, 2.24) is 0 Å². The van der Waals surface area contributed by atoms with Crippen molar-refractivity contribution in [2.24, 2.45) is 0 Å². The molecule has 1 saturated carbocycles. The highest BCUT2D eigenvalue weighted by molar-refractivity contribution is 5.27. The molecule has 100 valence electrons. The van der Waals surface area contributed by atoms with Crippen LogP contribution in [0.3, 0.4) is 0 Å². The van der Waals surface area contributed by atoms with Gasteiger partial charge in [-0.2, -0.15) is 0 Å². The first-order valence-electron chi connectivity index (χ1n) is 6.70. The van der Waals surface area contributed by atoms with E-state index in [1.54, 1.807) is 7.11 Å². The molecule has 0 aliphatic heterocycles. The normalized spacial score (nSPS) is 23.9. The van der Waals surface area contributed by atoms with E-state index in [1.165, 1.54) is 5.56 Å². The highest BCUT2D eigenvalue weighted by Gasteiger charge is 2.19. The Labute approximate surface area is 109 Å². The molecule has 0 amide bonds. The second-order valence-electron chi connectivity index (χ2n) is 4.90. The maximum absolute atomic E-state index is 9.41. The van der Waals surface area contributed by atoms with E-state index in [2.05, 4.69) is 12.1 Å². The Bertz CT molecular complexity index is 339. The number of aliphatic hydroxyl groups is 1. The van der Waals surface area contributed by atoms with Crippen LogP contribution in [-0.2, 0) is 11.2 Å². The van der Waals surface area contributed by atoms with Crippen molar-refractivity contribution in [3.05, 3.63) is 29.8 Å². The minimum atomic E-state index is -0.105. The van der Waals surface area contributed by atoms with Gasteiger partial charge >= 0.3 is 0 Å². The highest BCUT2D eigenvalue weighted by Crippen LogP contribution is 2.21. The van der Waals surface area contributed by atoms with Crippen molar-refractivity contribution < 1.29 is 14.6 Å². The van der Waals surface area contributed by atoms with Crippen LogP contribution >= 0.6 is 0 Å². The summed E-state index contributed by atoms with van der Waals surface area (Å²) in [5.41, 5.74) is 1.27. The van der Waals surface area contributed by atoms with Gasteiger partial charge in [0.25, 0.3) is 0 Å². The number of hydrogen-bond acceptors (Lipinski definition) is 3. The van der Waals surface area contributed by atoms with Crippen molar-refractivity contribution in [2.45, 2.75) is 44.3 Å². The molecule has 3 nitrogen and oxygen atoms in total. The average Bonchev–Trinajstić information content (AvgIpc) is 2.42. The van der Waals surface area contributed by atoms with Gasteiger partial charge in [0.2, 0.25) is 0 Å². The number of benzene rings is 1. The van der Waals surface area contributed by atoms with Crippen molar-refractivity contribution in [3.8, 4) is 5.75 Å². The van der Waals surface area contributed by atoms with Gasteiger partial charge in [0.05, 0.1) is 25.9 Å². The lowest BCUT2D eigenvalue weighted by Gasteiger charge is -2.25. The standard InChI is InChI=1S/C15H22O3/c1-17-14-6-2-12(3-7-14)10-11-18-15-8-4-13(16)5-9-15/h2-3,6-7,13,15-16H,4-5,8-11H2,1H3. The minimum absolute atomic E-state index is 0.105. The molecule has 18 heavy (non-hydrogen) atoms. The fourth-order valence-corrected chi connectivity index (χ4v) is 2.35. The zero-order valence-electron chi connectivity index (χ0n) is 11.0. The van der Waals surface area contributed by atoms with Crippen molar-refractivity contribution in [1.29, 1.82) is 0 Å². The predicted octanol–water partition coefficient (Wildman–Crippen LogP) is 2.56. The molecule has 0 saturated heterocycles. The van der Waals surface area contributed by atoms with E-state index in [0.29, 0.717) is 6.10 Å². The molecule has 3 heteroatoms. The first-order valence-corrected chi connectivity index (χ1v) is 6.70. The second kappa shape index (κ2) is 6.76. The molecular weight excluding hydrogens is 228 g/mol. The number of aliphatic hydroxyl groups excluding tert-OH is 1. The Morgan fingerprint density at radius 1 is 1.11 bits per heavy atom. The highest BCUT2D eigenvalue weighted by atomic mass is 16.5. The SMILES string of the molecule is COc1ccc(CCOC2CCC(O)CC2)cc1. The van der Waals surface area contributed by atoms with E-state index in [1.807, 2.05) is 12.1 Å². The molecule has 0 bridgehead atoms. The molecular formula is C15H22O3. The number of methoxy groups -OCH3 is 1. The monoisotopic (exact) mass is 250 g/mol. The molecule has 1 aromatic carbocycles. The summed E-state index contributed by atoms with van der Waals surface area (Å²) in [5, 5.41) is 9.41. The van der Waals surface area contributed by atoms with Crippen LogP contribution < -0.4 is 4.74 Å². The van der Waals surface area contributed by atoms with Gasteiger partial charge in [-0.25, -0.2) is 0 Å². The lowest BCUT2D eigenvalue weighted by Crippen LogP contribution is -2.25. The predicted molar refractivity (Wildman–Crippen MR) is 70.9 cm³/mol. The van der Waals surface area contributed by atoms with Gasteiger partial charge in [-0.1, -0.05) is 12.1 Å². The Hall–Kier alpha value is -1.06. The zero-order chi connectivity index (χ0) is 12.8. The Morgan fingerprint density at radius 3 is 2.39 bits per heavy atom. The van der Waals surface area contributed by atoms with Crippen LogP contribution in [0.1, 0.15) is 31.2 Å². The summed E-state index contributed by atoms with van der Waals surface area (Å²) in [6.45, 7) is 0.757. The van der Waals surface area contributed by atoms with Gasteiger partial charge in [-0.05, 0) is 49.8 Å². The van der Waals surface area contributed by atoms with Crippen LogP contribution in [0.2, 0.25) is 0 Å². The fourth-order valence-electron chi connectivity index (χ4n) is 2.35. The van der Waals surface area contributed by atoms with Crippen molar-refractivity contribution >= 4 is 0 Å².